The van der Waals surface area contributed by atoms with Gasteiger partial charge in [0.15, 0.2) is 0 Å². The fourth-order valence-electron chi connectivity index (χ4n) is 1.48. The third kappa shape index (κ3) is 6.85. The van der Waals surface area contributed by atoms with Crippen molar-refractivity contribution in [1.29, 1.82) is 0 Å². The highest BCUT2D eigenvalue weighted by molar-refractivity contribution is 6.30. The lowest BCUT2D eigenvalue weighted by molar-refractivity contribution is -0.0910. The van der Waals surface area contributed by atoms with E-state index < -0.39 is 24.5 Å². The SMILES string of the molecule is COC(=O)c1ccc(OC(C)(C)C(C)(C)O)c(CN)c1.OB(O)O. The highest BCUT2D eigenvalue weighted by atomic mass is 16.5. The van der Waals surface area contributed by atoms with Crippen LogP contribution in [0, 0.1) is 0 Å². The van der Waals surface area contributed by atoms with Crippen LogP contribution in [0.2, 0.25) is 0 Å². The molecule has 1 aromatic carbocycles. The summed E-state index contributed by atoms with van der Waals surface area (Å²) in [5, 5.41) is 31.6. The van der Waals surface area contributed by atoms with Crippen LogP contribution in [0.4, 0.5) is 0 Å². The number of rotatable bonds is 5. The molecule has 0 fully saturated rings. The van der Waals surface area contributed by atoms with Gasteiger partial charge in [0.1, 0.15) is 11.4 Å². The summed E-state index contributed by atoms with van der Waals surface area (Å²) >= 11 is 0. The van der Waals surface area contributed by atoms with Gasteiger partial charge in [-0.1, -0.05) is 0 Å². The maximum absolute atomic E-state index is 11.5. The van der Waals surface area contributed by atoms with Gasteiger partial charge >= 0.3 is 13.3 Å². The Morgan fingerprint density at radius 1 is 1.21 bits per heavy atom. The molecule has 136 valence electrons. The number of hydrogen-bond donors (Lipinski definition) is 5. The van der Waals surface area contributed by atoms with E-state index in [0.29, 0.717) is 16.9 Å². The monoisotopic (exact) mass is 343 g/mol. The van der Waals surface area contributed by atoms with Gasteiger partial charge in [-0.25, -0.2) is 4.79 Å². The van der Waals surface area contributed by atoms with Crippen LogP contribution >= 0.6 is 0 Å². The third-order valence-electron chi connectivity index (χ3n) is 3.54. The maximum atomic E-state index is 11.5. The van der Waals surface area contributed by atoms with Crippen LogP contribution in [0.15, 0.2) is 18.2 Å². The Morgan fingerprint density at radius 3 is 2.08 bits per heavy atom. The first-order chi connectivity index (χ1) is 10.9. The second-order valence-corrected chi connectivity index (χ2v) is 6.04. The molecule has 0 aliphatic rings. The van der Waals surface area contributed by atoms with Crippen molar-refractivity contribution < 1.29 is 34.4 Å². The number of carbonyl (C=O) groups excluding carboxylic acids is 1. The van der Waals surface area contributed by atoms with Gasteiger partial charge in [0.2, 0.25) is 0 Å². The van der Waals surface area contributed by atoms with E-state index in [2.05, 4.69) is 4.74 Å². The molecule has 8 nitrogen and oxygen atoms in total. The predicted molar refractivity (Wildman–Crippen MR) is 89.1 cm³/mol. The summed E-state index contributed by atoms with van der Waals surface area (Å²) in [6.07, 6.45) is 0. The van der Waals surface area contributed by atoms with Gasteiger partial charge in [0.05, 0.1) is 18.3 Å². The molecule has 24 heavy (non-hydrogen) atoms. The standard InChI is InChI=1S/C15H23NO4.BH3O3/c1-14(2,18)15(3,4)20-12-7-6-10(13(17)19-5)8-11(12)9-16;2-1(3)4/h6-8,18H,9,16H2,1-5H3;2-4H. The van der Waals surface area contributed by atoms with Crippen LogP contribution in [0.3, 0.4) is 0 Å². The zero-order valence-corrected chi connectivity index (χ0v) is 14.6. The van der Waals surface area contributed by atoms with Gasteiger partial charge < -0.3 is 35.4 Å². The molecule has 1 rings (SSSR count). The van der Waals surface area contributed by atoms with Crippen molar-refractivity contribution in [3.63, 3.8) is 0 Å². The van der Waals surface area contributed by atoms with E-state index in [9.17, 15) is 9.90 Å². The molecule has 0 heterocycles. The van der Waals surface area contributed by atoms with Crippen molar-refractivity contribution in [2.45, 2.75) is 45.4 Å². The van der Waals surface area contributed by atoms with E-state index in [0.717, 1.165) is 0 Å². The Morgan fingerprint density at radius 2 is 1.71 bits per heavy atom. The average molecular weight is 343 g/mol. The second kappa shape index (κ2) is 9.00. The van der Waals surface area contributed by atoms with Gasteiger partial charge in [0.25, 0.3) is 0 Å². The number of methoxy groups -OCH3 is 1. The molecule has 0 aliphatic heterocycles. The normalized spacial score (nSPS) is 11.2. The summed E-state index contributed by atoms with van der Waals surface area (Å²) in [7, 11) is -0.841. The topological polar surface area (TPSA) is 142 Å². The molecular formula is C15H26BNO7. The third-order valence-corrected chi connectivity index (χ3v) is 3.54. The summed E-state index contributed by atoms with van der Waals surface area (Å²) in [5.74, 6) is 0.125. The summed E-state index contributed by atoms with van der Waals surface area (Å²) in [6.45, 7) is 7.17. The Kier molecular flexibility index (Phi) is 8.38. The van der Waals surface area contributed by atoms with E-state index >= 15 is 0 Å². The van der Waals surface area contributed by atoms with E-state index in [1.807, 2.05) is 0 Å². The van der Waals surface area contributed by atoms with E-state index in [1.54, 1.807) is 45.9 Å². The van der Waals surface area contributed by atoms with Crippen LogP contribution in [0.1, 0.15) is 43.6 Å². The molecule has 0 amide bonds. The zero-order valence-electron chi connectivity index (χ0n) is 14.6. The Bertz CT molecular complexity index is 538. The van der Waals surface area contributed by atoms with E-state index in [1.165, 1.54) is 7.11 Å². The lowest BCUT2D eigenvalue weighted by Gasteiger charge is -2.38. The molecule has 0 saturated heterocycles. The Labute approximate surface area is 142 Å². The molecule has 0 radical (unpaired) electrons. The fraction of sp³-hybridized carbons (Fsp3) is 0.533. The summed E-state index contributed by atoms with van der Waals surface area (Å²) in [4.78, 5) is 11.5. The van der Waals surface area contributed by atoms with Gasteiger partial charge in [0, 0.05) is 12.1 Å². The largest absolute Gasteiger partial charge is 0.631 e. The molecule has 1 aromatic rings. The van der Waals surface area contributed by atoms with Crippen molar-refractivity contribution >= 4 is 13.3 Å². The number of benzene rings is 1. The van der Waals surface area contributed by atoms with Gasteiger partial charge in [-0.2, -0.15) is 0 Å². The summed E-state index contributed by atoms with van der Waals surface area (Å²) in [5.41, 5.74) is 4.97. The predicted octanol–water partition coefficient (Wildman–Crippen LogP) is -0.192. The van der Waals surface area contributed by atoms with Crippen molar-refractivity contribution in [3.05, 3.63) is 29.3 Å². The number of ether oxygens (including phenoxy) is 2. The van der Waals surface area contributed by atoms with Crippen LogP contribution in [-0.2, 0) is 11.3 Å². The highest BCUT2D eigenvalue weighted by Gasteiger charge is 2.37. The number of nitrogens with two attached hydrogens (primary N) is 1. The lowest BCUT2D eigenvalue weighted by atomic mass is 9.89. The molecule has 0 saturated carbocycles. The Balaban J connectivity index is 0.00000118. The van der Waals surface area contributed by atoms with Crippen LogP contribution in [0.5, 0.6) is 5.75 Å². The smallest absolute Gasteiger partial charge is 0.485 e. The molecule has 0 bridgehead atoms. The number of aliphatic hydroxyl groups is 1. The minimum absolute atomic E-state index is 0.224. The molecular weight excluding hydrogens is 317 g/mol. The van der Waals surface area contributed by atoms with Crippen LogP contribution in [-0.4, -0.2) is 51.8 Å². The molecule has 9 heteroatoms. The fourth-order valence-corrected chi connectivity index (χ4v) is 1.48. The molecule has 0 atom stereocenters. The van der Waals surface area contributed by atoms with Crippen molar-refractivity contribution in [3.8, 4) is 5.75 Å². The maximum Gasteiger partial charge on any atom is 0.631 e. The van der Waals surface area contributed by atoms with Crippen LogP contribution < -0.4 is 10.5 Å². The van der Waals surface area contributed by atoms with E-state index in [4.69, 9.17) is 25.5 Å². The Hall–Kier alpha value is -1.65. The first-order valence-electron chi connectivity index (χ1n) is 7.22. The number of carbonyl (C=O) groups is 1. The first-order valence-corrected chi connectivity index (χ1v) is 7.22. The second-order valence-electron chi connectivity index (χ2n) is 6.04. The minimum atomic E-state index is -2.17. The number of esters is 1. The molecule has 0 aromatic heterocycles. The quantitative estimate of drug-likeness (QED) is 0.366. The summed E-state index contributed by atoms with van der Waals surface area (Å²) < 4.78 is 10.5. The van der Waals surface area contributed by atoms with Crippen molar-refractivity contribution in [2.75, 3.05) is 7.11 Å². The first kappa shape index (κ1) is 22.4. The highest BCUT2D eigenvalue weighted by Crippen LogP contribution is 2.30. The van der Waals surface area contributed by atoms with Crippen LogP contribution in [0.25, 0.3) is 0 Å². The zero-order chi connectivity index (χ0) is 19.1. The van der Waals surface area contributed by atoms with Gasteiger partial charge in [-0.15, -0.1) is 0 Å². The lowest BCUT2D eigenvalue weighted by Crippen LogP contribution is -2.49. The summed E-state index contributed by atoms with van der Waals surface area (Å²) in [6, 6.07) is 4.92. The number of hydrogen-bond acceptors (Lipinski definition) is 8. The van der Waals surface area contributed by atoms with Crippen molar-refractivity contribution in [2.24, 2.45) is 5.73 Å². The molecule has 0 aliphatic carbocycles. The van der Waals surface area contributed by atoms with Crippen molar-refractivity contribution in [1.82, 2.24) is 0 Å². The van der Waals surface area contributed by atoms with Gasteiger partial charge in [-0.05, 0) is 45.9 Å². The van der Waals surface area contributed by atoms with Gasteiger partial charge in [-0.3, -0.25) is 0 Å². The minimum Gasteiger partial charge on any atom is -0.485 e. The molecule has 6 N–H and O–H groups in total. The molecule has 0 unspecified atom stereocenters. The average Bonchev–Trinajstić information content (AvgIpc) is 2.44. The molecule has 0 spiro atoms. The van der Waals surface area contributed by atoms with E-state index in [-0.39, 0.29) is 6.54 Å².